The van der Waals surface area contributed by atoms with Crippen molar-refractivity contribution < 1.29 is 29.7 Å². The van der Waals surface area contributed by atoms with Gasteiger partial charge in [0, 0.05) is 49.2 Å². The van der Waals surface area contributed by atoms with E-state index in [9.17, 15) is 29.7 Å². The summed E-state index contributed by atoms with van der Waals surface area (Å²) in [4.78, 5) is 45.6. The van der Waals surface area contributed by atoms with Gasteiger partial charge >= 0.3 is 5.97 Å². The van der Waals surface area contributed by atoms with Gasteiger partial charge in [-0.1, -0.05) is 29.3 Å². The number of rotatable bonds is 7. The van der Waals surface area contributed by atoms with Gasteiger partial charge in [0.15, 0.2) is 6.19 Å². The van der Waals surface area contributed by atoms with E-state index in [0.717, 1.165) is 6.21 Å². The molecule has 8 N–H and O–H groups in total. The highest BCUT2D eigenvalue weighted by molar-refractivity contribution is 6.40. The van der Waals surface area contributed by atoms with E-state index in [0.29, 0.717) is 34.4 Å². The standard InChI is InChI=1S/C28H30Cl2N8O6/c29-18-7-16-11-37(26(42)14-1-2-15(9-31)19(33)8-14)5-3-17(16)24(30)23(18)25(41)36-20(27(43)44)10-34-28(35-13-32)38-6-4-21(39)22(40)12-38/h1-2,7-9,20-22,31,39-40H,3-6,10-12,33H2,(H,34,35)(H,36,41)(H,43,44)/t20-,21-,22-/m0/s1. The average Bonchev–Trinajstić information content (AvgIpc) is 2.99. The Bertz CT molecular complexity index is 1560. The van der Waals surface area contributed by atoms with Crippen molar-refractivity contribution in [2.24, 2.45) is 4.99 Å². The molecule has 232 valence electrons. The number of piperidine rings is 1. The van der Waals surface area contributed by atoms with Crippen molar-refractivity contribution in [3.05, 3.63) is 62.1 Å². The maximum absolute atomic E-state index is 13.3. The van der Waals surface area contributed by atoms with E-state index in [1.807, 2.05) is 0 Å². The smallest absolute Gasteiger partial charge is 0.328 e. The maximum Gasteiger partial charge on any atom is 0.328 e. The molecule has 2 amide bonds. The van der Waals surface area contributed by atoms with Crippen LogP contribution in [0.5, 0.6) is 0 Å². The summed E-state index contributed by atoms with van der Waals surface area (Å²) in [7, 11) is 0. The number of guanidine groups is 1. The number of fused-ring (bicyclic) bond motifs is 1. The minimum Gasteiger partial charge on any atom is -0.480 e. The summed E-state index contributed by atoms with van der Waals surface area (Å²) < 4.78 is 0. The van der Waals surface area contributed by atoms with Crippen LogP contribution in [0.2, 0.25) is 10.0 Å². The molecule has 3 atom stereocenters. The number of aliphatic imine (C=N–C) groups is 1. The summed E-state index contributed by atoms with van der Waals surface area (Å²) >= 11 is 13.1. The molecule has 0 unspecified atom stereocenters. The quantitative estimate of drug-likeness (QED) is 0.0737. The number of amides is 2. The van der Waals surface area contributed by atoms with E-state index in [2.05, 4.69) is 15.6 Å². The Kier molecular flexibility index (Phi) is 10.3. The van der Waals surface area contributed by atoms with Crippen LogP contribution in [-0.4, -0.2) is 99.5 Å². The van der Waals surface area contributed by atoms with E-state index in [1.54, 1.807) is 23.2 Å². The van der Waals surface area contributed by atoms with Crippen LogP contribution in [0, 0.1) is 16.9 Å². The Morgan fingerprint density at radius 1 is 1.20 bits per heavy atom. The first-order valence-corrected chi connectivity index (χ1v) is 14.2. The van der Waals surface area contributed by atoms with Gasteiger partial charge in [0.25, 0.3) is 11.8 Å². The molecule has 0 saturated carbocycles. The van der Waals surface area contributed by atoms with Crippen molar-refractivity contribution in [2.75, 3.05) is 31.9 Å². The van der Waals surface area contributed by atoms with Crippen LogP contribution < -0.4 is 16.4 Å². The van der Waals surface area contributed by atoms with E-state index in [4.69, 9.17) is 39.6 Å². The zero-order chi connectivity index (χ0) is 32.1. The fraction of sp³-hybridized carbons (Fsp3) is 0.357. The van der Waals surface area contributed by atoms with Crippen molar-refractivity contribution >= 4 is 58.8 Å². The van der Waals surface area contributed by atoms with Crippen molar-refractivity contribution in [3.63, 3.8) is 0 Å². The first-order chi connectivity index (χ1) is 20.9. The first-order valence-electron chi connectivity index (χ1n) is 13.5. The fourth-order valence-electron chi connectivity index (χ4n) is 5.03. The third-order valence-corrected chi connectivity index (χ3v) is 8.16. The molecular formula is C28H30Cl2N8O6. The number of nitrogen functional groups attached to an aromatic ring is 1. The molecule has 44 heavy (non-hydrogen) atoms. The summed E-state index contributed by atoms with van der Waals surface area (Å²) in [5.41, 5.74) is 8.18. The predicted octanol–water partition coefficient (Wildman–Crippen LogP) is 0.809. The molecule has 16 heteroatoms. The Morgan fingerprint density at radius 2 is 1.95 bits per heavy atom. The Hall–Kier alpha value is -4.42. The Balaban J connectivity index is 1.50. The number of nitriles is 1. The number of aliphatic carboxylic acids is 1. The summed E-state index contributed by atoms with van der Waals surface area (Å²) in [5, 5.41) is 50.7. The van der Waals surface area contributed by atoms with Crippen LogP contribution in [0.1, 0.15) is 43.8 Å². The lowest BCUT2D eigenvalue weighted by Crippen LogP contribution is -2.52. The van der Waals surface area contributed by atoms with Crippen LogP contribution in [0.4, 0.5) is 5.69 Å². The van der Waals surface area contributed by atoms with Crippen LogP contribution in [0.15, 0.2) is 29.3 Å². The largest absolute Gasteiger partial charge is 0.480 e. The number of carboxylic acid groups (broad SMARTS) is 1. The second-order valence-electron chi connectivity index (χ2n) is 10.3. The van der Waals surface area contributed by atoms with Gasteiger partial charge in [-0.2, -0.15) is 5.26 Å². The minimum atomic E-state index is -1.53. The van der Waals surface area contributed by atoms with Gasteiger partial charge in [0.1, 0.15) is 6.04 Å². The topological polar surface area (TPSA) is 228 Å². The van der Waals surface area contributed by atoms with Crippen molar-refractivity contribution in [1.82, 2.24) is 20.4 Å². The number of likely N-dealkylation sites (tertiary alicyclic amines) is 1. The van der Waals surface area contributed by atoms with E-state index in [-0.39, 0.29) is 60.1 Å². The number of carbonyl (C=O) groups is 3. The third kappa shape index (κ3) is 7.03. The molecule has 0 radical (unpaired) electrons. The number of nitrogens with zero attached hydrogens (tertiary/aromatic N) is 4. The molecule has 0 bridgehead atoms. The van der Waals surface area contributed by atoms with Crippen LogP contribution >= 0.6 is 23.2 Å². The molecule has 14 nitrogen and oxygen atoms in total. The number of β-amino-alcohol motifs (C(OH)–C–C–N with tert-alkyl or cyclic N) is 1. The lowest BCUT2D eigenvalue weighted by Gasteiger charge is -2.34. The molecule has 2 aliphatic heterocycles. The second kappa shape index (κ2) is 13.9. The lowest BCUT2D eigenvalue weighted by atomic mass is 9.95. The van der Waals surface area contributed by atoms with Gasteiger partial charge in [0.05, 0.1) is 34.4 Å². The molecule has 2 heterocycles. The predicted molar refractivity (Wildman–Crippen MR) is 162 cm³/mol. The maximum atomic E-state index is 13.3. The highest BCUT2D eigenvalue weighted by atomic mass is 35.5. The highest BCUT2D eigenvalue weighted by Gasteiger charge is 2.31. The van der Waals surface area contributed by atoms with Crippen LogP contribution in [0.3, 0.4) is 0 Å². The summed E-state index contributed by atoms with van der Waals surface area (Å²) in [6, 6.07) is 4.67. The molecule has 1 fully saturated rings. The van der Waals surface area contributed by atoms with Gasteiger partial charge in [0.2, 0.25) is 5.96 Å². The number of benzene rings is 2. The van der Waals surface area contributed by atoms with Crippen molar-refractivity contribution in [2.45, 2.75) is 37.6 Å². The van der Waals surface area contributed by atoms with Crippen LogP contribution in [0.25, 0.3) is 0 Å². The lowest BCUT2D eigenvalue weighted by molar-refractivity contribution is -0.138. The van der Waals surface area contributed by atoms with Gasteiger partial charge in [-0.3, -0.25) is 14.9 Å². The van der Waals surface area contributed by atoms with Crippen molar-refractivity contribution in [3.8, 4) is 6.19 Å². The summed E-state index contributed by atoms with van der Waals surface area (Å²) in [5.74, 6) is -2.55. The normalized spacial score (nSPS) is 18.9. The molecule has 0 aromatic heterocycles. The molecule has 2 aromatic carbocycles. The monoisotopic (exact) mass is 644 g/mol. The minimum absolute atomic E-state index is 0.0174. The number of nitrogens with two attached hydrogens (primary N) is 1. The number of anilines is 1. The number of halogens is 2. The number of hydrogen-bond acceptors (Lipinski definition) is 9. The van der Waals surface area contributed by atoms with Gasteiger partial charge < -0.3 is 41.6 Å². The third-order valence-electron chi connectivity index (χ3n) is 7.45. The number of carbonyl (C=O) groups excluding carboxylic acids is 2. The molecular weight excluding hydrogens is 615 g/mol. The molecule has 1 saturated heterocycles. The Labute approximate surface area is 262 Å². The number of aliphatic hydroxyl groups is 2. The van der Waals surface area contributed by atoms with E-state index >= 15 is 0 Å². The van der Waals surface area contributed by atoms with E-state index < -0.39 is 36.7 Å². The molecule has 0 spiro atoms. The molecule has 0 aliphatic carbocycles. The fourth-order valence-corrected chi connectivity index (χ4v) is 5.79. The number of carboxylic acids is 1. The van der Waals surface area contributed by atoms with Gasteiger partial charge in [-0.25, -0.2) is 9.79 Å². The average molecular weight is 646 g/mol. The SMILES string of the molecule is N#CNC(=NC[C@H](NC(=O)c1c(Cl)cc2c(c1Cl)CCN(C(=O)c1ccc(C=N)c(N)c1)C2)C(=O)O)N1CC[C@H](O)[C@@H](O)C1. The van der Waals surface area contributed by atoms with Crippen LogP contribution in [-0.2, 0) is 17.8 Å². The Morgan fingerprint density at radius 3 is 2.59 bits per heavy atom. The van der Waals surface area contributed by atoms with Gasteiger partial charge in [-0.15, -0.1) is 0 Å². The highest BCUT2D eigenvalue weighted by Crippen LogP contribution is 2.35. The summed E-state index contributed by atoms with van der Waals surface area (Å²) in [6.07, 6.45) is 1.31. The van der Waals surface area contributed by atoms with Crippen molar-refractivity contribution in [1.29, 1.82) is 10.7 Å². The second-order valence-corrected chi connectivity index (χ2v) is 11.1. The summed E-state index contributed by atoms with van der Waals surface area (Å²) in [6.45, 7) is 0.190. The number of aliphatic hydroxyl groups excluding tert-OH is 2. The van der Waals surface area contributed by atoms with Gasteiger partial charge in [-0.05, 0) is 42.2 Å². The molecule has 2 aliphatic rings. The first kappa shape index (κ1) is 32.5. The zero-order valence-corrected chi connectivity index (χ0v) is 24.8. The molecule has 2 aromatic rings. The molecule has 4 rings (SSSR count). The number of nitrogens with one attached hydrogen (secondary N) is 3. The van der Waals surface area contributed by atoms with E-state index in [1.165, 1.54) is 17.0 Å². The number of hydrogen-bond donors (Lipinski definition) is 7. The zero-order valence-electron chi connectivity index (χ0n) is 23.3.